The number of halogens is 1. The summed E-state index contributed by atoms with van der Waals surface area (Å²) in [4.78, 5) is 17.4. The van der Waals surface area contributed by atoms with Crippen LogP contribution in [0.3, 0.4) is 0 Å². The first-order chi connectivity index (χ1) is 14.7. The number of ether oxygens (including phenoxy) is 1. The summed E-state index contributed by atoms with van der Waals surface area (Å²) in [5.41, 5.74) is 1.20. The smallest absolute Gasteiger partial charge is 0.257 e. The molecule has 0 N–H and O–H groups in total. The van der Waals surface area contributed by atoms with E-state index in [9.17, 15) is 9.18 Å². The highest BCUT2D eigenvalue weighted by molar-refractivity contribution is 5.95. The van der Waals surface area contributed by atoms with E-state index in [-0.39, 0.29) is 11.5 Å². The molecule has 0 unspecified atom stereocenters. The number of morpholine rings is 1. The van der Waals surface area contributed by atoms with Crippen LogP contribution in [0.5, 0.6) is 0 Å². The average molecular weight is 407 g/mol. The van der Waals surface area contributed by atoms with E-state index in [4.69, 9.17) is 4.74 Å². The summed E-state index contributed by atoms with van der Waals surface area (Å²) < 4.78 is 19.7. The SMILES string of the molecule is O=C(c1ccccc1F)N(CCCN1CCOCC1)Cc1cccc2ccccc12. The molecule has 1 saturated heterocycles. The van der Waals surface area contributed by atoms with Gasteiger partial charge in [0.15, 0.2) is 0 Å². The number of carbonyl (C=O) groups excluding carboxylic acids is 1. The third-order valence-corrected chi connectivity index (χ3v) is 5.64. The molecule has 0 aromatic heterocycles. The van der Waals surface area contributed by atoms with Crippen LogP contribution in [-0.4, -0.2) is 55.1 Å². The van der Waals surface area contributed by atoms with Gasteiger partial charge in [0.25, 0.3) is 5.91 Å². The van der Waals surface area contributed by atoms with Gasteiger partial charge in [-0.15, -0.1) is 0 Å². The maximum Gasteiger partial charge on any atom is 0.257 e. The van der Waals surface area contributed by atoms with Crippen molar-refractivity contribution in [1.29, 1.82) is 0 Å². The summed E-state index contributed by atoms with van der Waals surface area (Å²) in [6.45, 7) is 5.29. The molecule has 4 rings (SSSR count). The number of benzene rings is 3. The van der Waals surface area contributed by atoms with Gasteiger partial charge in [-0.25, -0.2) is 4.39 Å². The molecule has 0 radical (unpaired) electrons. The van der Waals surface area contributed by atoms with Gasteiger partial charge in [0.2, 0.25) is 0 Å². The highest BCUT2D eigenvalue weighted by Gasteiger charge is 2.20. The Kier molecular flexibility index (Phi) is 6.72. The van der Waals surface area contributed by atoms with E-state index in [0.717, 1.165) is 55.6 Å². The van der Waals surface area contributed by atoms with Crippen LogP contribution in [-0.2, 0) is 11.3 Å². The third kappa shape index (κ3) is 4.86. The van der Waals surface area contributed by atoms with Crippen molar-refractivity contribution in [3.63, 3.8) is 0 Å². The van der Waals surface area contributed by atoms with Gasteiger partial charge in [0, 0.05) is 32.7 Å². The second-order valence-corrected chi connectivity index (χ2v) is 7.65. The Bertz CT molecular complexity index is 996. The topological polar surface area (TPSA) is 32.8 Å². The molecule has 1 aliphatic rings. The number of fused-ring (bicyclic) bond motifs is 1. The average Bonchev–Trinajstić information content (AvgIpc) is 2.79. The van der Waals surface area contributed by atoms with E-state index >= 15 is 0 Å². The fraction of sp³-hybridized carbons (Fsp3) is 0.320. The van der Waals surface area contributed by atoms with Gasteiger partial charge < -0.3 is 9.64 Å². The third-order valence-electron chi connectivity index (χ3n) is 5.64. The molecule has 156 valence electrons. The first-order valence-corrected chi connectivity index (χ1v) is 10.5. The Labute approximate surface area is 176 Å². The standard InChI is InChI=1S/C25H27FN2O2/c26-24-12-4-3-11-23(24)25(29)28(14-6-13-27-15-17-30-18-16-27)19-21-9-5-8-20-7-1-2-10-22(20)21/h1-5,7-12H,6,13-19H2. The first kappa shape index (κ1) is 20.5. The van der Waals surface area contributed by atoms with Gasteiger partial charge in [0.05, 0.1) is 18.8 Å². The maximum atomic E-state index is 14.3. The summed E-state index contributed by atoms with van der Waals surface area (Å²) in [7, 11) is 0. The van der Waals surface area contributed by atoms with Crippen LogP contribution >= 0.6 is 0 Å². The van der Waals surface area contributed by atoms with Crippen molar-refractivity contribution < 1.29 is 13.9 Å². The molecule has 0 atom stereocenters. The second-order valence-electron chi connectivity index (χ2n) is 7.65. The van der Waals surface area contributed by atoms with E-state index < -0.39 is 5.82 Å². The molecule has 3 aromatic rings. The lowest BCUT2D eigenvalue weighted by atomic mass is 10.0. The lowest BCUT2D eigenvalue weighted by molar-refractivity contribution is 0.0355. The van der Waals surface area contributed by atoms with E-state index in [2.05, 4.69) is 23.1 Å². The number of hydrogen-bond acceptors (Lipinski definition) is 3. The highest BCUT2D eigenvalue weighted by atomic mass is 19.1. The van der Waals surface area contributed by atoms with E-state index in [1.165, 1.54) is 6.07 Å². The van der Waals surface area contributed by atoms with Crippen molar-refractivity contribution in [2.24, 2.45) is 0 Å². The van der Waals surface area contributed by atoms with Crippen LogP contribution in [0.2, 0.25) is 0 Å². The largest absolute Gasteiger partial charge is 0.379 e. The Hall–Kier alpha value is -2.76. The zero-order chi connectivity index (χ0) is 20.8. The normalized spacial score (nSPS) is 14.7. The van der Waals surface area contributed by atoms with Crippen molar-refractivity contribution >= 4 is 16.7 Å². The molecular weight excluding hydrogens is 379 g/mol. The Balaban J connectivity index is 1.54. The van der Waals surface area contributed by atoms with Crippen molar-refractivity contribution in [2.45, 2.75) is 13.0 Å². The van der Waals surface area contributed by atoms with Crippen LogP contribution < -0.4 is 0 Å². The van der Waals surface area contributed by atoms with Crippen molar-refractivity contribution in [3.8, 4) is 0 Å². The Morgan fingerprint density at radius 1 is 0.967 bits per heavy atom. The molecule has 1 amide bonds. The van der Waals surface area contributed by atoms with Crippen LogP contribution in [0.4, 0.5) is 4.39 Å². The number of amides is 1. The van der Waals surface area contributed by atoms with Gasteiger partial charge in [-0.05, 0) is 34.9 Å². The number of rotatable bonds is 7. The molecule has 0 bridgehead atoms. The first-order valence-electron chi connectivity index (χ1n) is 10.5. The molecule has 30 heavy (non-hydrogen) atoms. The molecule has 1 fully saturated rings. The molecule has 1 aliphatic heterocycles. The predicted octanol–water partition coefficient (Wildman–Crippen LogP) is 4.34. The van der Waals surface area contributed by atoms with Gasteiger partial charge >= 0.3 is 0 Å². The summed E-state index contributed by atoms with van der Waals surface area (Å²) in [6.07, 6.45) is 0.838. The minimum absolute atomic E-state index is 0.129. The van der Waals surface area contributed by atoms with Gasteiger partial charge in [-0.3, -0.25) is 9.69 Å². The number of nitrogens with zero attached hydrogens (tertiary/aromatic N) is 2. The summed E-state index contributed by atoms with van der Waals surface area (Å²) in [5.74, 6) is -0.735. The van der Waals surface area contributed by atoms with Crippen molar-refractivity contribution in [3.05, 3.63) is 83.7 Å². The summed E-state index contributed by atoms with van der Waals surface area (Å²) in [5, 5.41) is 2.26. The molecule has 3 aromatic carbocycles. The lowest BCUT2D eigenvalue weighted by Gasteiger charge is -2.28. The maximum absolute atomic E-state index is 14.3. The molecular formula is C25H27FN2O2. The zero-order valence-electron chi connectivity index (χ0n) is 17.1. The number of carbonyl (C=O) groups is 1. The van der Waals surface area contributed by atoms with Crippen LogP contribution in [0.1, 0.15) is 22.3 Å². The molecule has 1 heterocycles. The van der Waals surface area contributed by atoms with Crippen molar-refractivity contribution in [2.75, 3.05) is 39.4 Å². The van der Waals surface area contributed by atoms with Gasteiger partial charge in [0.1, 0.15) is 5.82 Å². The Morgan fingerprint density at radius 2 is 1.70 bits per heavy atom. The molecule has 4 nitrogen and oxygen atoms in total. The Morgan fingerprint density at radius 3 is 2.53 bits per heavy atom. The van der Waals surface area contributed by atoms with Crippen LogP contribution in [0, 0.1) is 5.82 Å². The minimum Gasteiger partial charge on any atom is -0.379 e. The molecule has 0 saturated carbocycles. The summed E-state index contributed by atoms with van der Waals surface area (Å²) in [6, 6.07) is 20.5. The summed E-state index contributed by atoms with van der Waals surface area (Å²) >= 11 is 0. The van der Waals surface area contributed by atoms with Gasteiger partial charge in [-0.1, -0.05) is 54.6 Å². The number of hydrogen-bond donors (Lipinski definition) is 0. The predicted molar refractivity (Wildman–Crippen MR) is 117 cm³/mol. The lowest BCUT2D eigenvalue weighted by Crippen LogP contribution is -2.39. The zero-order valence-corrected chi connectivity index (χ0v) is 17.1. The molecule has 0 aliphatic carbocycles. The fourth-order valence-corrected chi connectivity index (χ4v) is 4.00. The fourth-order valence-electron chi connectivity index (χ4n) is 4.00. The minimum atomic E-state index is -0.474. The monoisotopic (exact) mass is 406 g/mol. The second kappa shape index (κ2) is 9.83. The highest BCUT2D eigenvalue weighted by Crippen LogP contribution is 2.21. The van der Waals surface area contributed by atoms with E-state index in [0.29, 0.717) is 13.1 Å². The van der Waals surface area contributed by atoms with E-state index in [1.807, 2.05) is 24.3 Å². The van der Waals surface area contributed by atoms with Crippen LogP contribution in [0.15, 0.2) is 66.7 Å². The quantitative estimate of drug-likeness (QED) is 0.585. The van der Waals surface area contributed by atoms with Gasteiger partial charge in [-0.2, -0.15) is 0 Å². The molecule has 5 heteroatoms. The van der Waals surface area contributed by atoms with Crippen LogP contribution in [0.25, 0.3) is 10.8 Å². The van der Waals surface area contributed by atoms with E-state index in [1.54, 1.807) is 23.1 Å². The van der Waals surface area contributed by atoms with Crippen molar-refractivity contribution in [1.82, 2.24) is 9.80 Å². The molecule has 0 spiro atoms.